The van der Waals surface area contributed by atoms with Gasteiger partial charge in [-0.1, -0.05) is 0 Å². The van der Waals surface area contributed by atoms with Gasteiger partial charge >= 0.3 is 5.97 Å². The Hall–Kier alpha value is -3.60. The maximum atomic E-state index is 12.7. The second-order valence-corrected chi connectivity index (χ2v) is 6.97. The Morgan fingerprint density at radius 3 is 2.50 bits per heavy atom. The van der Waals surface area contributed by atoms with E-state index in [-0.39, 0.29) is 23.6 Å². The van der Waals surface area contributed by atoms with Gasteiger partial charge in [0.1, 0.15) is 11.7 Å². The van der Waals surface area contributed by atoms with Crippen molar-refractivity contribution in [3.63, 3.8) is 0 Å². The first kappa shape index (κ1) is 22.7. The van der Waals surface area contributed by atoms with Crippen molar-refractivity contribution in [1.29, 1.82) is 0 Å². The largest absolute Gasteiger partial charge is 0.480 e. The average molecular weight is 433 g/mol. The van der Waals surface area contributed by atoms with E-state index in [0.29, 0.717) is 11.3 Å². The number of benzene rings is 1. The molecule has 1 aromatic carbocycles. The van der Waals surface area contributed by atoms with Crippen molar-refractivity contribution in [3.05, 3.63) is 69.8 Å². The van der Waals surface area contributed by atoms with E-state index in [9.17, 15) is 29.6 Å². The molecule has 11 heteroatoms. The highest BCUT2D eigenvalue weighted by Gasteiger charge is 2.23. The van der Waals surface area contributed by atoms with Crippen LogP contribution in [0.25, 0.3) is 6.08 Å². The molecule has 0 fully saturated rings. The normalized spacial score (nSPS) is 12.1. The third-order valence-electron chi connectivity index (χ3n) is 3.87. The van der Waals surface area contributed by atoms with Crippen molar-refractivity contribution in [2.24, 2.45) is 0 Å². The molecule has 0 unspecified atom stereocenters. The maximum absolute atomic E-state index is 12.7. The fraction of sp³-hybridized carbons (Fsp3) is 0.211. The summed E-state index contributed by atoms with van der Waals surface area (Å²) in [6.45, 7) is 0. The molecule has 0 saturated carbocycles. The molecule has 0 saturated heterocycles. The fourth-order valence-corrected chi connectivity index (χ4v) is 2.81. The molecule has 2 rings (SSSR count). The van der Waals surface area contributed by atoms with Gasteiger partial charge in [0, 0.05) is 12.1 Å². The average Bonchev–Trinajstić information content (AvgIpc) is 3.25. The van der Waals surface area contributed by atoms with Crippen LogP contribution in [0.3, 0.4) is 0 Å². The molecule has 2 aromatic rings. The molecule has 0 radical (unpaired) electrons. The van der Waals surface area contributed by atoms with Gasteiger partial charge in [-0.15, -0.1) is 0 Å². The monoisotopic (exact) mass is 433 g/mol. The van der Waals surface area contributed by atoms with Crippen LogP contribution in [-0.2, 0) is 9.59 Å². The second kappa shape index (κ2) is 10.8. The SMILES string of the molecule is CSCC[C@@H](NC(=O)/C(=C\c1ccc([N+](=O)[O-])cc1)NC(=O)c1ccco1)C(=O)O. The van der Waals surface area contributed by atoms with Crippen molar-refractivity contribution >= 4 is 41.3 Å². The Balaban J connectivity index is 2.29. The van der Waals surface area contributed by atoms with Crippen LogP contribution in [0.2, 0.25) is 0 Å². The van der Waals surface area contributed by atoms with Gasteiger partial charge in [-0.3, -0.25) is 19.7 Å². The number of carboxylic acid groups (broad SMARTS) is 1. The van der Waals surface area contributed by atoms with Gasteiger partial charge in [0.05, 0.1) is 11.2 Å². The number of furan rings is 1. The number of non-ortho nitro benzene ring substituents is 1. The molecule has 30 heavy (non-hydrogen) atoms. The summed E-state index contributed by atoms with van der Waals surface area (Å²) < 4.78 is 5.00. The number of hydrogen-bond donors (Lipinski definition) is 3. The number of nitro benzene ring substituents is 1. The van der Waals surface area contributed by atoms with E-state index in [1.54, 1.807) is 0 Å². The number of carbonyl (C=O) groups excluding carboxylic acids is 2. The lowest BCUT2D eigenvalue weighted by atomic mass is 10.1. The molecule has 0 bridgehead atoms. The van der Waals surface area contributed by atoms with E-state index < -0.39 is 28.7 Å². The molecule has 1 atom stereocenters. The van der Waals surface area contributed by atoms with Crippen LogP contribution < -0.4 is 10.6 Å². The molecule has 0 aliphatic rings. The first-order valence-electron chi connectivity index (χ1n) is 8.65. The number of carboxylic acids is 1. The van der Waals surface area contributed by atoms with Crippen molar-refractivity contribution < 1.29 is 28.8 Å². The minimum absolute atomic E-state index is 0.0467. The van der Waals surface area contributed by atoms with Gasteiger partial charge in [0.25, 0.3) is 17.5 Å². The molecule has 2 amide bonds. The Bertz CT molecular complexity index is 940. The van der Waals surface area contributed by atoms with Crippen LogP contribution in [-0.4, -0.2) is 45.9 Å². The van der Waals surface area contributed by atoms with Crippen molar-refractivity contribution in [1.82, 2.24) is 10.6 Å². The van der Waals surface area contributed by atoms with Gasteiger partial charge in [-0.05, 0) is 54.3 Å². The van der Waals surface area contributed by atoms with Crippen molar-refractivity contribution in [2.75, 3.05) is 12.0 Å². The van der Waals surface area contributed by atoms with Crippen molar-refractivity contribution in [2.45, 2.75) is 12.5 Å². The predicted octanol–water partition coefficient (Wildman–Crippen LogP) is 2.28. The zero-order valence-corrected chi connectivity index (χ0v) is 16.7. The molecule has 0 aliphatic carbocycles. The number of nitrogens with zero attached hydrogens (tertiary/aromatic N) is 1. The Kier molecular flexibility index (Phi) is 8.18. The summed E-state index contributed by atoms with van der Waals surface area (Å²) >= 11 is 1.43. The van der Waals surface area contributed by atoms with Gasteiger partial charge in [-0.25, -0.2) is 4.79 Å². The highest BCUT2D eigenvalue weighted by molar-refractivity contribution is 7.98. The molecule has 3 N–H and O–H groups in total. The molecule has 158 valence electrons. The van der Waals surface area contributed by atoms with E-state index in [4.69, 9.17) is 4.42 Å². The highest BCUT2D eigenvalue weighted by atomic mass is 32.2. The third-order valence-corrected chi connectivity index (χ3v) is 4.51. The lowest BCUT2D eigenvalue weighted by molar-refractivity contribution is -0.384. The number of carbonyl (C=O) groups is 3. The second-order valence-electron chi connectivity index (χ2n) is 5.98. The molecular formula is C19H19N3O7S. The number of amides is 2. The van der Waals surface area contributed by atoms with Crippen LogP contribution in [0.1, 0.15) is 22.5 Å². The quantitative estimate of drug-likeness (QED) is 0.293. The fourth-order valence-electron chi connectivity index (χ4n) is 2.34. The van der Waals surface area contributed by atoms with Crippen LogP contribution in [0.4, 0.5) is 5.69 Å². The van der Waals surface area contributed by atoms with E-state index in [1.165, 1.54) is 60.5 Å². The molecular weight excluding hydrogens is 414 g/mol. The first-order valence-corrected chi connectivity index (χ1v) is 10.0. The lowest BCUT2D eigenvalue weighted by Crippen LogP contribution is -2.44. The van der Waals surface area contributed by atoms with Crippen LogP contribution in [0.5, 0.6) is 0 Å². The summed E-state index contributed by atoms with van der Waals surface area (Å²) in [6, 6.07) is 7.03. The molecule has 0 aliphatic heterocycles. The van der Waals surface area contributed by atoms with Crippen molar-refractivity contribution in [3.8, 4) is 0 Å². The Morgan fingerprint density at radius 2 is 1.97 bits per heavy atom. The van der Waals surface area contributed by atoms with Gasteiger partial charge in [-0.2, -0.15) is 11.8 Å². The van der Waals surface area contributed by atoms with E-state index in [0.717, 1.165) is 0 Å². The zero-order valence-electron chi connectivity index (χ0n) is 15.9. The van der Waals surface area contributed by atoms with E-state index in [2.05, 4.69) is 10.6 Å². The minimum atomic E-state index is -1.20. The number of hydrogen-bond acceptors (Lipinski definition) is 7. The molecule has 1 aromatic heterocycles. The van der Waals surface area contributed by atoms with E-state index in [1.807, 2.05) is 6.26 Å². The summed E-state index contributed by atoms with van der Waals surface area (Å²) in [7, 11) is 0. The van der Waals surface area contributed by atoms with Gasteiger partial charge in [0.15, 0.2) is 5.76 Å². The first-order chi connectivity index (χ1) is 14.3. The third kappa shape index (κ3) is 6.48. The zero-order chi connectivity index (χ0) is 22.1. The summed E-state index contributed by atoms with van der Waals surface area (Å²) in [5.41, 5.74) is 0.0166. The number of aliphatic carboxylic acids is 1. The minimum Gasteiger partial charge on any atom is -0.480 e. The van der Waals surface area contributed by atoms with E-state index >= 15 is 0 Å². The molecule has 0 spiro atoms. The number of nitro groups is 1. The van der Waals surface area contributed by atoms with Crippen LogP contribution in [0.15, 0.2) is 52.8 Å². The smallest absolute Gasteiger partial charge is 0.326 e. The lowest BCUT2D eigenvalue weighted by Gasteiger charge is -2.16. The molecule has 1 heterocycles. The van der Waals surface area contributed by atoms with Crippen LogP contribution in [0, 0.1) is 10.1 Å². The Morgan fingerprint density at radius 1 is 1.27 bits per heavy atom. The predicted molar refractivity (Wildman–Crippen MR) is 110 cm³/mol. The summed E-state index contributed by atoms with van der Waals surface area (Å²) in [6.07, 6.45) is 4.58. The standard InChI is InChI=1S/C19H19N3O7S/c1-30-10-8-14(19(25)26)20-17(23)15(21-18(24)16-3-2-9-29-16)11-12-4-6-13(7-5-12)22(27)28/h2-7,9,11,14H,8,10H2,1H3,(H,20,23)(H,21,24)(H,25,26)/b15-11+/t14-/m1/s1. The highest BCUT2D eigenvalue weighted by Crippen LogP contribution is 2.15. The number of nitrogens with one attached hydrogen (secondary N) is 2. The maximum Gasteiger partial charge on any atom is 0.326 e. The summed E-state index contributed by atoms with van der Waals surface area (Å²) in [4.78, 5) is 46.7. The van der Waals surface area contributed by atoms with Crippen LogP contribution >= 0.6 is 11.8 Å². The summed E-state index contributed by atoms with van der Waals surface area (Å²) in [5.74, 6) is -2.27. The van der Waals surface area contributed by atoms with Gasteiger partial charge < -0.3 is 20.2 Å². The number of thioether (sulfide) groups is 1. The number of rotatable bonds is 10. The topological polar surface area (TPSA) is 152 Å². The molecule has 10 nitrogen and oxygen atoms in total. The Labute approximate surface area is 175 Å². The summed E-state index contributed by atoms with van der Waals surface area (Å²) in [5, 5.41) is 24.9. The van der Waals surface area contributed by atoms with Gasteiger partial charge in [0.2, 0.25) is 0 Å².